The van der Waals surface area contributed by atoms with Gasteiger partial charge in [0, 0.05) is 12.1 Å². The quantitative estimate of drug-likeness (QED) is 0.798. The lowest BCUT2D eigenvalue weighted by atomic mass is 9.93. The molecule has 23 heavy (non-hydrogen) atoms. The third kappa shape index (κ3) is 5.29. The zero-order valence-corrected chi connectivity index (χ0v) is 14.4. The van der Waals surface area contributed by atoms with Crippen molar-refractivity contribution in [2.45, 2.75) is 51.5 Å². The van der Waals surface area contributed by atoms with Crippen molar-refractivity contribution in [2.75, 3.05) is 32.7 Å². The summed E-state index contributed by atoms with van der Waals surface area (Å²) in [6.45, 7) is 6.93. The Morgan fingerprint density at radius 3 is 2.26 bits per heavy atom. The van der Waals surface area contributed by atoms with Gasteiger partial charge < -0.3 is 4.90 Å². The smallest absolute Gasteiger partial charge is 0.127 e. The van der Waals surface area contributed by atoms with Crippen LogP contribution in [0.3, 0.4) is 0 Å². The highest BCUT2D eigenvalue weighted by molar-refractivity contribution is 5.17. The average Bonchev–Trinajstić information content (AvgIpc) is 2.85. The van der Waals surface area contributed by atoms with Gasteiger partial charge in [-0.2, -0.15) is 0 Å². The summed E-state index contributed by atoms with van der Waals surface area (Å²) >= 11 is 0. The Bertz CT molecular complexity index is 460. The molecule has 128 valence electrons. The molecule has 0 unspecified atom stereocenters. The lowest BCUT2D eigenvalue weighted by Gasteiger charge is -2.33. The van der Waals surface area contributed by atoms with E-state index >= 15 is 0 Å². The Kier molecular flexibility index (Phi) is 6.46. The summed E-state index contributed by atoms with van der Waals surface area (Å²) in [4.78, 5) is 5.10. The van der Waals surface area contributed by atoms with Gasteiger partial charge in [-0.05, 0) is 76.8 Å². The molecule has 0 atom stereocenters. The highest BCUT2D eigenvalue weighted by atomic mass is 19.1. The van der Waals surface area contributed by atoms with Gasteiger partial charge in [-0.3, -0.25) is 4.90 Å². The number of hydrogen-bond acceptors (Lipinski definition) is 2. The Balaban J connectivity index is 1.37. The summed E-state index contributed by atoms with van der Waals surface area (Å²) in [7, 11) is 0. The number of benzene rings is 1. The molecule has 0 amide bonds. The average molecular weight is 318 g/mol. The Hall–Kier alpha value is -0.930. The van der Waals surface area contributed by atoms with Gasteiger partial charge in [-0.15, -0.1) is 0 Å². The van der Waals surface area contributed by atoms with Crippen LogP contribution in [0.1, 0.15) is 50.5 Å². The van der Waals surface area contributed by atoms with E-state index in [4.69, 9.17) is 0 Å². The predicted octanol–water partition coefficient (Wildman–Crippen LogP) is 4.30. The molecule has 0 radical (unpaired) electrons. The van der Waals surface area contributed by atoms with Crippen LogP contribution in [-0.2, 0) is 6.54 Å². The van der Waals surface area contributed by atoms with E-state index in [1.54, 1.807) is 12.1 Å². The van der Waals surface area contributed by atoms with Crippen LogP contribution in [0.5, 0.6) is 0 Å². The van der Waals surface area contributed by atoms with Crippen molar-refractivity contribution in [3.63, 3.8) is 0 Å². The first-order valence-electron chi connectivity index (χ1n) is 9.49. The molecule has 1 aromatic rings. The van der Waals surface area contributed by atoms with Crippen LogP contribution >= 0.6 is 0 Å². The molecule has 0 bridgehead atoms. The molecule has 0 aromatic heterocycles. The molecule has 2 nitrogen and oxygen atoms in total. The van der Waals surface area contributed by atoms with Gasteiger partial charge in [0.1, 0.15) is 5.82 Å². The van der Waals surface area contributed by atoms with Crippen molar-refractivity contribution in [1.82, 2.24) is 9.80 Å². The number of hydrogen-bond donors (Lipinski definition) is 0. The number of rotatable bonds is 5. The van der Waals surface area contributed by atoms with E-state index in [1.165, 1.54) is 64.6 Å². The second-order valence-corrected chi connectivity index (χ2v) is 7.36. The maximum absolute atomic E-state index is 13.7. The molecule has 2 aliphatic rings. The SMILES string of the molecule is Fc1ccccc1CN1CCC(CCN2CCCCCC2)CC1. The van der Waals surface area contributed by atoms with Gasteiger partial charge in [0.05, 0.1) is 0 Å². The Morgan fingerprint density at radius 1 is 0.870 bits per heavy atom. The lowest BCUT2D eigenvalue weighted by Crippen LogP contribution is -2.35. The first kappa shape index (κ1) is 16.9. The third-order valence-corrected chi connectivity index (χ3v) is 5.61. The summed E-state index contributed by atoms with van der Waals surface area (Å²) in [6, 6.07) is 7.20. The lowest BCUT2D eigenvalue weighted by molar-refractivity contribution is 0.157. The molecule has 2 heterocycles. The van der Waals surface area contributed by atoms with Crippen LogP contribution in [0.4, 0.5) is 4.39 Å². The van der Waals surface area contributed by atoms with Gasteiger partial charge in [0.25, 0.3) is 0 Å². The molecule has 0 saturated carbocycles. The summed E-state index contributed by atoms with van der Waals surface area (Å²) in [6.07, 6.45) is 9.54. The molecule has 2 aliphatic heterocycles. The van der Waals surface area contributed by atoms with Crippen molar-refractivity contribution in [2.24, 2.45) is 5.92 Å². The summed E-state index contributed by atoms with van der Waals surface area (Å²) in [5.41, 5.74) is 0.843. The highest BCUT2D eigenvalue weighted by Gasteiger charge is 2.20. The first-order valence-corrected chi connectivity index (χ1v) is 9.49. The van der Waals surface area contributed by atoms with E-state index in [-0.39, 0.29) is 5.82 Å². The van der Waals surface area contributed by atoms with E-state index in [1.807, 2.05) is 12.1 Å². The molecule has 2 fully saturated rings. The van der Waals surface area contributed by atoms with Crippen LogP contribution in [-0.4, -0.2) is 42.5 Å². The van der Waals surface area contributed by atoms with Crippen LogP contribution in [0, 0.1) is 11.7 Å². The second-order valence-electron chi connectivity index (χ2n) is 7.36. The topological polar surface area (TPSA) is 6.48 Å². The van der Waals surface area contributed by atoms with Crippen molar-refractivity contribution in [1.29, 1.82) is 0 Å². The number of halogens is 1. The molecular formula is C20H31FN2. The fourth-order valence-electron chi connectivity index (χ4n) is 4.03. The summed E-state index contributed by atoms with van der Waals surface area (Å²) in [5, 5.41) is 0. The molecular weight excluding hydrogens is 287 g/mol. The van der Waals surface area contributed by atoms with Crippen LogP contribution in [0.2, 0.25) is 0 Å². The van der Waals surface area contributed by atoms with Gasteiger partial charge in [-0.25, -0.2) is 4.39 Å². The van der Waals surface area contributed by atoms with Gasteiger partial charge in [0.2, 0.25) is 0 Å². The van der Waals surface area contributed by atoms with E-state index < -0.39 is 0 Å². The zero-order chi connectivity index (χ0) is 15.9. The van der Waals surface area contributed by atoms with Crippen molar-refractivity contribution in [3.8, 4) is 0 Å². The van der Waals surface area contributed by atoms with E-state index in [9.17, 15) is 4.39 Å². The minimum absolute atomic E-state index is 0.0595. The van der Waals surface area contributed by atoms with Crippen LogP contribution in [0.15, 0.2) is 24.3 Å². The third-order valence-electron chi connectivity index (χ3n) is 5.61. The standard InChI is InChI=1S/C20H31FN2/c21-20-8-4-3-7-19(20)17-23-15-10-18(11-16-23)9-14-22-12-5-1-2-6-13-22/h3-4,7-8,18H,1-2,5-6,9-17H2. The number of piperidine rings is 1. The Labute approximate surface area is 140 Å². The van der Waals surface area contributed by atoms with E-state index in [0.29, 0.717) is 0 Å². The fraction of sp³-hybridized carbons (Fsp3) is 0.700. The highest BCUT2D eigenvalue weighted by Crippen LogP contribution is 2.23. The Morgan fingerprint density at radius 2 is 1.57 bits per heavy atom. The normalized spacial score (nSPS) is 22.1. The second kappa shape index (κ2) is 8.79. The minimum atomic E-state index is -0.0595. The molecule has 0 aliphatic carbocycles. The minimum Gasteiger partial charge on any atom is -0.303 e. The number of nitrogens with zero attached hydrogens (tertiary/aromatic N) is 2. The van der Waals surface area contributed by atoms with Gasteiger partial charge in [0.15, 0.2) is 0 Å². The van der Waals surface area contributed by atoms with E-state index in [2.05, 4.69) is 9.80 Å². The number of likely N-dealkylation sites (tertiary alicyclic amines) is 2. The maximum Gasteiger partial charge on any atom is 0.127 e. The van der Waals surface area contributed by atoms with Crippen molar-refractivity contribution >= 4 is 0 Å². The molecule has 1 aromatic carbocycles. The monoisotopic (exact) mass is 318 g/mol. The van der Waals surface area contributed by atoms with Gasteiger partial charge in [-0.1, -0.05) is 31.0 Å². The maximum atomic E-state index is 13.7. The van der Waals surface area contributed by atoms with Crippen molar-refractivity contribution < 1.29 is 4.39 Å². The largest absolute Gasteiger partial charge is 0.303 e. The van der Waals surface area contributed by atoms with E-state index in [0.717, 1.165) is 31.1 Å². The predicted molar refractivity (Wildman–Crippen MR) is 93.9 cm³/mol. The van der Waals surface area contributed by atoms with Crippen LogP contribution < -0.4 is 0 Å². The molecule has 0 N–H and O–H groups in total. The molecule has 2 saturated heterocycles. The molecule has 3 rings (SSSR count). The van der Waals surface area contributed by atoms with Crippen molar-refractivity contribution in [3.05, 3.63) is 35.6 Å². The fourth-order valence-corrected chi connectivity index (χ4v) is 4.03. The summed E-state index contributed by atoms with van der Waals surface area (Å²) in [5.74, 6) is 0.811. The zero-order valence-electron chi connectivity index (χ0n) is 14.4. The van der Waals surface area contributed by atoms with Crippen LogP contribution in [0.25, 0.3) is 0 Å². The summed E-state index contributed by atoms with van der Waals surface area (Å²) < 4.78 is 13.7. The molecule has 0 spiro atoms. The van der Waals surface area contributed by atoms with Gasteiger partial charge >= 0.3 is 0 Å². The molecule has 3 heteroatoms. The first-order chi connectivity index (χ1) is 11.3.